The highest BCUT2D eigenvalue weighted by Crippen LogP contribution is 1.94. The normalized spacial score (nSPS) is 22.8. The van der Waals surface area contributed by atoms with Gasteiger partial charge in [0.05, 0.1) is 19.3 Å². The lowest BCUT2D eigenvalue weighted by Gasteiger charge is -2.15. The van der Waals surface area contributed by atoms with Crippen LogP contribution in [0.2, 0.25) is 0 Å². The number of ether oxygens (including phenoxy) is 1. The molecule has 0 bridgehead atoms. The first-order chi connectivity index (χ1) is 4.43. The first-order valence-corrected chi connectivity index (χ1v) is 2.84. The molecule has 48 valence electrons. The first-order valence-electron chi connectivity index (χ1n) is 2.84. The van der Waals surface area contributed by atoms with Crippen molar-refractivity contribution >= 4 is 0 Å². The van der Waals surface area contributed by atoms with Gasteiger partial charge in [-0.3, -0.25) is 0 Å². The number of nitrogens with one attached hydrogen (secondary N) is 1. The summed E-state index contributed by atoms with van der Waals surface area (Å²) in [5, 5.41) is 11.2. The Kier molecular flexibility index (Phi) is 2.11. The van der Waals surface area contributed by atoms with Gasteiger partial charge in [-0.1, -0.05) is 0 Å². The number of hydrogen-bond donors (Lipinski definition) is 1. The van der Waals surface area contributed by atoms with Gasteiger partial charge in [-0.15, -0.1) is 0 Å². The highest BCUT2D eigenvalue weighted by Gasteiger charge is 2.01. The van der Waals surface area contributed by atoms with Crippen molar-refractivity contribution in [3.05, 3.63) is 11.8 Å². The topological polar surface area (TPSA) is 45.0 Å². The molecule has 1 aliphatic rings. The van der Waals surface area contributed by atoms with Gasteiger partial charge in [0.1, 0.15) is 0 Å². The van der Waals surface area contributed by atoms with Crippen LogP contribution >= 0.6 is 0 Å². The SMILES string of the molecule is N#C/C=C1\COCCN1. The van der Waals surface area contributed by atoms with Crippen LogP contribution in [0.1, 0.15) is 0 Å². The van der Waals surface area contributed by atoms with E-state index in [1.54, 1.807) is 0 Å². The van der Waals surface area contributed by atoms with Crippen molar-refractivity contribution in [2.75, 3.05) is 19.8 Å². The Bertz CT molecular complexity index is 149. The van der Waals surface area contributed by atoms with E-state index in [1.165, 1.54) is 6.08 Å². The van der Waals surface area contributed by atoms with Crippen LogP contribution in [0.4, 0.5) is 0 Å². The lowest BCUT2D eigenvalue weighted by molar-refractivity contribution is 0.132. The Morgan fingerprint density at radius 2 is 2.67 bits per heavy atom. The molecule has 0 radical (unpaired) electrons. The van der Waals surface area contributed by atoms with E-state index in [1.807, 2.05) is 6.07 Å². The molecule has 0 aromatic rings. The number of hydrogen-bond acceptors (Lipinski definition) is 3. The smallest absolute Gasteiger partial charge is 0.0931 e. The van der Waals surface area contributed by atoms with Crippen LogP contribution in [0.25, 0.3) is 0 Å². The van der Waals surface area contributed by atoms with Gasteiger partial charge in [-0.25, -0.2) is 0 Å². The minimum absolute atomic E-state index is 0.549. The Morgan fingerprint density at radius 3 is 3.22 bits per heavy atom. The molecule has 3 heteroatoms. The molecule has 0 aromatic heterocycles. The van der Waals surface area contributed by atoms with Gasteiger partial charge >= 0.3 is 0 Å². The second kappa shape index (κ2) is 3.10. The quantitative estimate of drug-likeness (QED) is 0.463. The number of rotatable bonds is 0. The van der Waals surface area contributed by atoms with E-state index in [-0.39, 0.29) is 0 Å². The summed E-state index contributed by atoms with van der Waals surface area (Å²) in [4.78, 5) is 0. The van der Waals surface area contributed by atoms with E-state index >= 15 is 0 Å². The van der Waals surface area contributed by atoms with E-state index in [0.717, 1.165) is 18.8 Å². The summed E-state index contributed by atoms with van der Waals surface area (Å²) >= 11 is 0. The molecule has 0 amide bonds. The molecule has 0 saturated carbocycles. The summed E-state index contributed by atoms with van der Waals surface area (Å²) < 4.78 is 5.05. The third kappa shape index (κ3) is 1.74. The van der Waals surface area contributed by atoms with Crippen molar-refractivity contribution in [2.24, 2.45) is 0 Å². The van der Waals surface area contributed by atoms with Crippen LogP contribution in [0.5, 0.6) is 0 Å². The molecule has 3 nitrogen and oxygen atoms in total. The van der Waals surface area contributed by atoms with Crippen molar-refractivity contribution in [3.8, 4) is 6.07 Å². The molecule has 0 atom stereocenters. The van der Waals surface area contributed by atoms with E-state index in [2.05, 4.69) is 5.32 Å². The molecule has 1 aliphatic heterocycles. The van der Waals surface area contributed by atoms with E-state index in [9.17, 15) is 0 Å². The number of nitriles is 1. The van der Waals surface area contributed by atoms with Crippen LogP contribution in [0.3, 0.4) is 0 Å². The molecular formula is C6H8N2O. The van der Waals surface area contributed by atoms with E-state index < -0.39 is 0 Å². The van der Waals surface area contributed by atoms with Crippen molar-refractivity contribution in [2.45, 2.75) is 0 Å². The standard InChI is InChI=1S/C6H8N2O/c7-2-1-6-5-9-4-3-8-6/h1,8H,3-5H2/b6-1+. The Labute approximate surface area is 53.9 Å². The maximum Gasteiger partial charge on any atom is 0.0931 e. The van der Waals surface area contributed by atoms with Gasteiger partial charge in [0.2, 0.25) is 0 Å². The van der Waals surface area contributed by atoms with Crippen molar-refractivity contribution in [3.63, 3.8) is 0 Å². The fourth-order valence-corrected chi connectivity index (χ4v) is 0.688. The van der Waals surface area contributed by atoms with Crippen LogP contribution in [0, 0.1) is 11.3 Å². The van der Waals surface area contributed by atoms with Crippen molar-refractivity contribution in [1.82, 2.24) is 5.32 Å². The number of nitrogens with zero attached hydrogens (tertiary/aromatic N) is 1. The summed E-state index contributed by atoms with van der Waals surface area (Å²) in [5.41, 5.74) is 0.878. The Morgan fingerprint density at radius 1 is 1.78 bits per heavy atom. The summed E-state index contributed by atoms with van der Waals surface area (Å²) in [7, 11) is 0. The second-order valence-electron chi connectivity index (χ2n) is 1.78. The molecule has 1 fully saturated rings. The minimum Gasteiger partial charge on any atom is -0.384 e. The van der Waals surface area contributed by atoms with Gasteiger partial charge in [0, 0.05) is 18.3 Å². The van der Waals surface area contributed by atoms with Crippen molar-refractivity contribution in [1.29, 1.82) is 5.26 Å². The molecule has 0 aromatic carbocycles. The fraction of sp³-hybridized carbons (Fsp3) is 0.500. The average molecular weight is 124 g/mol. The van der Waals surface area contributed by atoms with E-state index in [4.69, 9.17) is 10.00 Å². The third-order valence-electron chi connectivity index (χ3n) is 1.09. The average Bonchev–Trinajstić information content (AvgIpc) is 1.91. The van der Waals surface area contributed by atoms with Crippen LogP contribution in [-0.2, 0) is 4.74 Å². The van der Waals surface area contributed by atoms with Gasteiger partial charge < -0.3 is 10.1 Å². The third-order valence-corrected chi connectivity index (χ3v) is 1.09. The fourth-order valence-electron chi connectivity index (χ4n) is 0.688. The summed E-state index contributed by atoms with van der Waals surface area (Å²) in [6.07, 6.45) is 1.47. The van der Waals surface area contributed by atoms with Crippen LogP contribution in [-0.4, -0.2) is 19.8 Å². The molecule has 0 spiro atoms. The lowest BCUT2D eigenvalue weighted by atomic mass is 10.4. The highest BCUT2D eigenvalue weighted by molar-refractivity contribution is 5.12. The molecule has 1 N–H and O–H groups in total. The number of morpholine rings is 1. The molecule has 1 heterocycles. The molecule has 0 unspecified atom stereocenters. The van der Waals surface area contributed by atoms with Gasteiger partial charge in [0.25, 0.3) is 0 Å². The summed E-state index contributed by atoms with van der Waals surface area (Å²) in [6, 6.07) is 1.93. The molecule has 1 rings (SSSR count). The maximum absolute atomic E-state index is 8.20. The predicted molar refractivity (Wildman–Crippen MR) is 32.5 cm³/mol. The summed E-state index contributed by atoms with van der Waals surface area (Å²) in [5.74, 6) is 0. The highest BCUT2D eigenvalue weighted by atomic mass is 16.5. The Balaban J connectivity index is 2.42. The largest absolute Gasteiger partial charge is 0.384 e. The van der Waals surface area contributed by atoms with Gasteiger partial charge in [-0.2, -0.15) is 5.26 Å². The van der Waals surface area contributed by atoms with Gasteiger partial charge in [-0.05, 0) is 0 Å². The number of allylic oxidation sites excluding steroid dienone is 1. The molecule has 9 heavy (non-hydrogen) atoms. The minimum atomic E-state index is 0.549. The first kappa shape index (κ1) is 6.12. The van der Waals surface area contributed by atoms with Gasteiger partial charge in [0.15, 0.2) is 0 Å². The predicted octanol–water partition coefficient (Wildman–Crippen LogP) is 0.0137. The van der Waals surface area contributed by atoms with Crippen LogP contribution < -0.4 is 5.32 Å². The molecular weight excluding hydrogens is 116 g/mol. The monoisotopic (exact) mass is 124 g/mol. The van der Waals surface area contributed by atoms with Crippen LogP contribution in [0.15, 0.2) is 11.8 Å². The van der Waals surface area contributed by atoms with E-state index in [0.29, 0.717) is 6.61 Å². The second-order valence-corrected chi connectivity index (χ2v) is 1.78. The summed E-state index contributed by atoms with van der Waals surface area (Å²) in [6.45, 7) is 2.10. The zero-order chi connectivity index (χ0) is 6.53. The van der Waals surface area contributed by atoms with Crippen molar-refractivity contribution < 1.29 is 4.74 Å². The lowest BCUT2D eigenvalue weighted by Crippen LogP contribution is -2.28. The molecule has 1 saturated heterocycles. The Hall–Kier alpha value is -1.01. The zero-order valence-electron chi connectivity index (χ0n) is 5.05. The maximum atomic E-state index is 8.20. The molecule has 0 aliphatic carbocycles. The zero-order valence-corrected chi connectivity index (χ0v) is 5.05.